The van der Waals surface area contributed by atoms with E-state index in [4.69, 9.17) is 17.0 Å². The standard InChI is InChI=1S/C20H21NO3S2/c1-3-24-20(25)18-13-14-21(19(18)16-7-5-4-6-8-16)26(22,23)17-11-9-15(2)10-12-17/h4-13,19H,3,14H2,1-2H3/t19-/m1/s1. The molecule has 6 heteroatoms. The normalized spacial score (nSPS) is 17.8. The lowest BCUT2D eigenvalue weighted by Gasteiger charge is -2.27. The first-order valence-electron chi connectivity index (χ1n) is 8.45. The first-order chi connectivity index (χ1) is 12.4. The Kier molecular flexibility index (Phi) is 5.55. The highest BCUT2D eigenvalue weighted by atomic mass is 32.2. The molecule has 2 aromatic rings. The van der Waals surface area contributed by atoms with E-state index in [0.29, 0.717) is 11.7 Å². The minimum Gasteiger partial charge on any atom is -0.483 e. The maximum atomic E-state index is 13.3. The number of thiocarbonyl (C=S) groups is 1. The van der Waals surface area contributed by atoms with Gasteiger partial charge in [0, 0.05) is 12.1 Å². The quantitative estimate of drug-likeness (QED) is 0.727. The van der Waals surface area contributed by atoms with Crippen molar-refractivity contribution in [2.45, 2.75) is 24.8 Å². The van der Waals surface area contributed by atoms with Gasteiger partial charge in [0.1, 0.15) is 0 Å². The van der Waals surface area contributed by atoms with Gasteiger partial charge in [-0.1, -0.05) is 54.1 Å². The van der Waals surface area contributed by atoms with Crippen LogP contribution >= 0.6 is 12.2 Å². The summed E-state index contributed by atoms with van der Waals surface area (Å²) in [7, 11) is -3.67. The molecular formula is C20H21NO3S2. The van der Waals surface area contributed by atoms with E-state index in [-0.39, 0.29) is 11.4 Å². The Morgan fingerprint density at radius 1 is 1.15 bits per heavy atom. The molecule has 0 aromatic heterocycles. The fourth-order valence-corrected chi connectivity index (χ4v) is 4.88. The summed E-state index contributed by atoms with van der Waals surface area (Å²) >= 11 is 5.39. The van der Waals surface area contributed by atoms with Crippen molar-refractivity contribution in [3.63, 3.8) is 0 Å². The predicted molar refractivity (Wildman–Crippen MR) is 107 cm³/mol. The van der Waals surface area contributed by atoms with Crippen LogP contribution in [0.2, 0.25) is 0 Å². The molecule has 136 valence electrons. The predicted octanol–water partition coefficient (Wildman–Crippen LogP) is 4.03. The van der Waals surface area contributed by atoms with Crippen molar-refractivity contribution in [1.29, 1.82) is 0 Å². The van der Waals surface area contributed by atoms with Gasteiger partial charge in [-0.3, -0.25) is 0 Å². The van der Waals surface area contributed by atoms with Crippen LogP contribution in [0.3, 0.4) is 0 Å². The van der Waals surface area contributed by atoms with E-state index in [1.54, 1.807) is 24.3 Å². The fourth-order valence-electron chi connectivity index (χ4n) is 3.03. The molecular weight excluding hydrogens is 366 g/mol. The van der Waals surface area contributed by atoms with Gasteiger partial charge in [0.15, 0.2) is 5.05 Å². The summed E-state index contributed by atoms with van der Waals surface area (Å²) in [5, 5.41) is 0.350. The van der Waals surface area contributed by atoms with Gasteiger partial charge in [-0.15, -0.1) is 0 Å². The molecule has 0 aliphatic carbocycles. The van der Waals surface area contributed by atoms with Crippen LogP contribution in [-0.4, -0.2) is 30.9 Å². The molecule has 0 amide bonds. The van der Waals surface area contributed by atoms with Crippen LogP contribution in [0.15, 0.2) is 71.1 Å². The minimum atomic E-state index is -3.67. The number of aryl methyl sites for hydroxylation is 1. The van der Waals surface area contributed by atoms with E-state index >= 15 is 0 Å². The zero-order chi connectivity index (χ0) is 18.7. The number of hydrogen-bond acceptors (Lipinski definition) is 4. The molecule has 1 atom stereocenters. The smallest absolute Gasteiger partial charge is 0.244 e. The first-order valence-corrected chi connectivity index (χ1v) is 10.3. The molecule has 0 spiro atoms. The van der Waals surface area contributed by atoms with Crippen molar-refractivity contribution in [3.8, 4) is 0 Å². The molecule has 0 unspecified atom stereocenters. The zero-order valence-electron chi connectivity index (χ0n) is 14.8. The van der Waals surface area contributed by atoms with Crippen molar-refractivity contribution < 1.29 is 13.2 Å². The molecule has 26 heavy (non-hydrogen) atoms. The zero-order valence-corrected chi connectivity index (χ0v) is 16.4. The van der Waals surface area contributed by atoms with Crippen molar-refractivity contribution >= 4 is 27.3 Å². The Balaban J connectivity index is 2.03. The second-order valence-corrected chi connectivity index (χ2v) is 8.34. The van der Waals surface area contributed by atoms with Gasteiger partial charge in [-0.05, 0) is 43.8 Å². The average molecular weight is 388 g/mol. The highest BCUT2D eigenvalue weighted by molar-refractivity contribution is 7.89. The summed E-state index contributed by atoms with van der Waals surface area (Å²) in [4.78, 5) is 0.279. The maximum absolute atomic E-state index is 13.3. The highest BCUT2D eigenvalue weighted by Gasteiger charge is 2.39. The van der Waals surface area contributed by atoms with Crippen molar-refractivity contribution in [3.05, 3.63) is 77.4 Å². The van der Waals surface area contributed by atoms with Gasteiger partial charge in [0.2, 0.25) is 10.0 Å². The summed E-state index contributed by atoms with van der Waals surface area (Å²) in [5.41, 5.74) is 2.61. The molecule has 0 saturated heterocycles. The highest BCUT2D eigenvalue weighted by Crippen LogP contribution is 2.38. The molecule has 0 bridgehead atoms. The number of rotatable bonds is 5. The third kappa shape index (κ3) is 3.58. The van der Waals surface area contributed by atoms with Crippen LogP contribution in [0.25, 0.3) is 0 Å². The van der Waals surface area contributed by atoms with Gasteiger partial charge in [0.05, 0.1) is 17.5 Å². The lowest BCUT2D eigenvalue weighted by molar-refractivity contribution is 0.330. The molecule has 3 rings (SSSR count). The minimum absolute atomic E-state index is 0.262. The number of benzene rings is 2. The number of ether oxygens (including phenoxy) is 1. The summed E-state index contributed by atoms with van der Waals surface area (Å²) in [6.45, 7) is 4.50. The lowest BCUT2D eigenvalue weighted by Crippen LogP contribution is -2.33. The van der Waals surface area contributed by atoms with Crippen LogP contribution < -0.4 is 0 Å². The number of hydrogen-bond donors (Lipinski definition) is 0. The molecule has 1 heterocycles. The largest absolute Gasteiger partial charge is 0.483 e. The molecule has 0 saturated carbocycles. The van der Waals surface area contributed by atoms with Gasteiger partial charge in [-0.2, -0.15) is 4.31 Å². The Labute approximate surface area is 160 Å². The SMILES string of the molecule is CCOC(=S)C1=CCN(S(=O)(=O)c2ccc(C)cc2)[C@@H]1c1ccccc1. The molecule has 0 radical (unpaired) electrons. The maximum Gasteiger partial charge on any atom is 0.244 e. The monoisotopic (exact) mass is 387 g/mol. The van der Waals surface area contributed by atoms with Crippen LogP contribution in [0.5, 0.6) is 0 Å². The van der Waals surface area contributed by atoms with E-state index in [0.717, 1.165) is 16.7 Å². The second kappa shape index (κ2) is 7.70. The molecule has 4 nitrogen and oxygen atoms in total. The Morgan fingerprint density at radius 2 is 1.81 bits per heavy atom. The van der Waals surface area contributed by atoms with Gasteiger partial charge < -0.3 is 4.74 Å². The molecule has 2 aromatic carbocycles. The molecule has 0 fully saturated rings. The second-order valence-electron chi connectivity index (χ2n) is 6.08. The van der Waals surface area contributed by atoms with E-state index < -0.39 is 16.1 Å². The van der Waals surface area contributed by atoms with Crippen LogP contribution in [0.4, 0.5) is 0 Å². The van der Waals surface area contributed by atoms with E-state index in [1.165, 1.54) is 4.31 Å². The summed E-state index contributed by atoms with van der Waals surface area (Å²) in [6.07, 6.45) is 1.85. The van der Waals surface area contributed by atoms with Crippen molar-refractivity contribution in [2.75, 3.05) is 13.2 Å². The van der Waals surface area contributed by atoms with Crippen molar-refractivity contribution in [1.82, 2.24) is 4.31 Å². The van der Waals surface area contributed by atoms with E-state index in [9.17, 15) is 8.42 Å². The topological polar surface area (TPSA) is 46.6 Å². The molecule has 0 N–H and O–H groups in total. The van der Waals surface area contributed by atoms with E-state index in [2.05, 4.69) is 0 Å². The van der Waals surface area contributed by atoms with Gasteiger partial charge in [-0.25, -0.2) is 8.42 Å². The number of sulfonamides is 1. The Hall–Kier alpha value is -2.02. The third-order valence-electron chi connectivity index (χ3n) is 4.33. The van der Waals surface area contributed by atoms with Crippen LogP contribution in [0.1, 0.15) is 24.1 Å². The summed E-state index contributed by atoms with van der Waals surface area (Å²) < 4.78 is 33.5. The van der Waals surface area contributed by atoms with Crippen molar-refractivity contribution in [2.24, 2.45) is 0 Å². The van der Waals surface area contributed by atoms with Crippen LogP contribution in [0, 0.1) is 6.92 Å². The Morgan fingerprint density at radius 3 is 2.42 bits per heavy atom. The summed E-state index contributed by atoms with van der Waals surface area (Å²) in [6, 6.07) is 15.9. The lowest BCUT2D eigenvalue weighted by atomic mass is 10.0. The third-order valence-corrected chi connectivity index (χ3v) is 6.53. The van der Waals surface area contributed by atoms with Crippen LogP contribution in [-0.2, 0) is 14.8 Å². The average Bonchev–Trinajstić information content (AvgIpc) is 3.09. The first kappa shape index (κ1) is 18.8. The van der Waals surface area contributed by atoms with E-state index in [1.807, 2.05) is 50.3 Å². The number of nitrogens with zero attached hydrogens (tertiary/aromatic N) is 1. The van der Waals surface area contributed by atoms with Gasteiger partial charge >= 0.3 is 0 Å². The molecule has 1 aliphatic rings. The molecule has 1 aliphatic heterocycles. The fraction of sp³-hybridized carbons (Fsp3) is 0.250. The van der Waals surface area contributed by atoms with Gasteiger partial charge in [0.25, 0.3) is 0 Å². The summed E-state index contributed by atoms with van der Waals surface area (Å²) in [5.74, 6) is 0. The Bertz CT molecular complexity index is 919.